The van der Waals surface area contributed by atoms with Crippen LogP contribution in [0.15, 0.2) is 54.9 Å². The summed E-state index contributed by atoms with van der Waals surface area (Å²) in [6.07, 6.45) is 14.9. The Labute approximate surface area is 204 Å². The van der Waals surface area contributed by atoms with Crippen LogP contribution in [0.5, 0.6) is 5.75 Å². The predicted molar refractivity (Wildman–Crippen MR) is 140 cm³/mol. The molecule has 0 spiro atoms. The third-order valence-electron chi connectivity index (χ3n) is 6.42. The van der Waals surface area contributed by atoms with Crippen LogP contribution in [0.3, 0.4) is 0 Å². The van der Waals surface area contributed by atoms with Crippen molar-refractivity contribution in [2.24, 2.45) is 5.92 Å². The summed E-state index contributed by atoms with van der Waals surface area (Å²) < 4.78 is 20.1. The van der Waals surface area contributed by atoms with E-state index in [0.717, 1.165) is 24.1 Å². The summed E-state index contributed by atoms with van der Waals surface area (Å²) in [6, 6.07) is 13.6. The van der Waals surface area contributed by atoms with Gasteiger partial charge in [0.15, 0.2) is 11.6 Å². The van der Waals surface area contributed by atoms with Crippen molar-refractivity contribution in [1.29, 1.82) is 0 Å². The first-order valence-corrected chi connectivity index (χ1v) is 12.9. The van der Waals surface area contributed by atoms with Gasteiger partial charge in [0.25, 0.3) is 0 Å². The molecule has 1 aromatic heterocycles. The fraction of sp³-hybridized carbons (Fsp3) is 0.467. The smallest absolute Gasteiger partial charge is 0.165 e. The molecule has 34 heavy (non-hydrogen) atoms. The fourth-order valence-corrected chi connectivity index (χ4v) is 3.88. The van der Waals surface area contributed by atoms with Crippen LogP contribution in [0, 0.1) is 11.7 Å². The Balaban J connectivity index is 1.53. The molecule has 4 heteroatoms. The SMILES string of the molecule is CCCCCCCCCc1ccc(-c2cnc(-c3ccc(OCC(C)CC)c(F)c3)cn2)cc1. The van der Waals surface area contributed by atoms with Gasteiger partial charge >= 0.3 is 0 Å². The second kappa shape index (κ2) is 13.8. The van der Waals surface area contributed by atoms with Gasteiger partial charge in [-0.2, -0.15) is 0 Å². The number of hydrogen-bond acceptors (Lipinski definition) is 3. The summed E-state index contributed by atoms with van der Waals surface area (Å²) in [7, 11) is 0. The van der Waals surface area contributed by atoms with Crippen LogP contribution >= 0.6 is 0 Å². The summed E-state index contributed by atoms with van der Waals surface area (Å²) in [5.41, 5.74) is 4.57. The molecular formula is C30H39FN2O. The summed E-state index contributed by atoms with van der Waals surface area (Å²) in [6.45, 7) is 6.96. The molecule has 3 nitrogen and oxygen atoms in total. The van der Waals surface area contributed by atoms with Crippen molar-refractivity contribution >= 4 is 0 Å². The first kappa shape index (κ1) is 25.9. The lowest BCUT2D eigenvalue weighted by atomic mass is 10.0. The van der Waals surface area contributed by atoms with Crippen LogP contribution < -0.4 is 4.74 Å². The molecule has 1 unspecified atom stereocenters. The quantitative estimate of drug-likeness (QED) is 0.225. The molecule has 0 aliphatic heterocycles. The van der Waals surface area contributed by atoms with Gasteiger partial charge in [0.2, 0.25) is 0 Å². The average Bonchev–Trinajstić information content (AvgIpc) is 2.87. The highest BCUT2D eigenvalue weighted by atomic mass is 19.1. The zero-order valence-corrected chi connectivity index (χ0v) is 21.0. The maximum atomic E-state index is 14.5. The second-order valence-corrected chi connectivity index (χ2v) is 9.32. The molecule has 0 aliphatic rings. The third-order valence-corrected chi connectivity index (χ3v) is 6.42. The van der Waals surface area contributed by atoms with E-state index in [2.05, 4.69) is 55.0 Å². The van der Waals surface area contributed by atoms with Gasteiger partial charge in [-0.1, -0.05) is 90.0 Å². The first-order chi connectivity index (χ1) is 16.6. The molecule has 0 radical (unpaired) electrons. The Morgan fingerprint density at radius 1 is 0.794 bits per heavy atom. The molecule has 0 amide bonds. The number of unbranched alkanes of at least 4 members (excludes halogenated alkanes) is 6. The molecule has 3 rings (SSSR count). The third kappa shape index (κ3) is 7.93. The van der Waals surface area contributed by atoms with Crippen LogP contribution in [-0.4, -0.2) is 16.6 Å². The van der Waals surface area contributed by atoms with E-state index in [1.807, 2.05) is 6.07 Å². The number of nitrogens with zero attached hydrogens (tertiary/aromatic N) is 2. The molecule has 0 saturated heterocycles. The number of aryl methyl sites for hydroxylation is 1. The number of ether oxygens (including phenoxy) is 1. The summed E-state index contributed by atoms with van der Waals surface area (Å²) in [5, 5.41) is 0. The van der Waals surface area contributed by atoms with E-state index in [9.17, 15) is 4.39 Å². The molecule has 2 aromatic carbocycles. The molecular weight excluding hydrogens is 423 g/mol. The molecule has 182 valence electrons. The zero-order chi connectivity index (χ0) is 24.2. The van der Waals surface area contributed by atoms with Crippen molar-refractivity contribution in [2.75, 3.05) is 6.61 Å². The normalized spacial score (nSPS) is 12.0. The lowest BCUT2D eigenvalue weighted by Gasteiger charge is -2.12. The van der Waals surface area contributed by atoms with Crippen molar-refractivity contribution in [3.8, 4) is 28.3 Å². The maximum absolute atomic E-state index is 14.5. The van der Waals surface area contributed by atoms with E-state index in [-0.39, 0.29) is 11.6 Å². The first-order valence-electron chi connectivity index (χ1n) is 12.9. The molecule has 1 atom stereocenters. The van der Waals surface area contributed by atoms with Gasteiger partial charge in [-0.05, 0) is 42.5 Å². The highest BCUT2D eigenvalue weighted by Gasteiger charge is 2.10. The number of aromatic nitrogens is 2. The number of halogens is 1. The number of benzene rings is 2. The maximum Gasteiger partial charge on any atom is 0.165 e. The van der Waals surface area contributed by atoms with Gasteiger partial charge in [-0.25, -0.2) is 4.39 Å². The van der Waals surface area contributed by atoms with Crippen molar-refractivity contribution in [3.63, 3.8) is 0 Å². The summed E-state index contributed by atoms with van der Waals surface area (Å²) >= 11 is 0. The van der Waals surface area contributed by atoms with Crippen molar-refractivity contribution in [1.82, 2.24) is 9.97 Å². The van der Waals surface area contributed by atoms with Gasteiger partial charge in [-0.3, -0.25) is 9.97 Å². The highest BCUT2D eigenvalue weighted by molar-refractivity contribution is 5.63. The van der Waals surface area contributed by atoms with Crippen molar-refractivity contribution in [2.45, 2.75) is 78.6 Å². The van der Waals surface area contributed by atoms with E-state index < -0.39 is 0 Å². The van der Waals surface area contributed by atoms with Gasteiger partial charge in [0.1, 0.15) is 0 Å². The average molecular weight is 463 g/mol. The Kier molecular flexibility index (Phi) is 10.5. The predicted octanol–water partition coefficient (Wildman–Crippen LogP) is 8.67. The molecule has 0 saturated carbocycles. The Bertz CT molecular complexity index is 986. The van der Waals surface area contributed by atoms with Crippen molar-refractivity contribution in [3.05, 3.63) is 66.2 Å². The van der Waals surface area contributed by atoms with E-state index in [1.165, 1.54) is 56.6 Å². The van der Waals surface area contributed by atoms with Gasteiger partial charge < -0.3 is 4.74 Å². The second-order valence-electron chi connectivity index (χ2n) is 9.32. The Morgan fingerprint density at radius 2 is 1.41 bits per heavy atom. The lowest BCUT2D eigenvalue weighted by molar-refractivity contribution is 0.246. The number of rotatable bonds is 14. The van der Waals surface area contributed by atoms with Crippen LogP contribution in [0.1, 0.15) is 77.7 Å². The van der Waals surface area contributed by atoms with Crippen molar-refractivity contribution < 1.29 is 9.13 Å². The molecule has 3 aromatic rings. The van der Waals surface area contributed by atoms with E-state index in [4.69, 9.17) is 4.74 Å². The molecule has 0 bridgehead atoms. The Morgan fingerprint density at radius 3 is 2.03 bits per heavy atom. The van der Waals surface area contributed by atoms with Crippen LogP contribution in [-0.2, 0) is 6.42 Å². The number of hydrogen-bond donors (Lipinski definition) is 0. The molecule has 0 N–H and O–H groups in total. The fourth-order valence-electron chi connectivity index (χ4n) is 3.88. The minimum absolute atomic E-state index is 0.283. The van der Waals surface area contributed by atoms with E-state index in [0.29, 0.717) is 23.8 Å². The van der Waals surface area contributed by atoms with Gasteiger partial charge in [0, 0.05) is 11.1 Å². The van der Waals surface area contributed by atoms with E-state index in [1.54, 1.807) is 18.5 Å². The highest BCUT2D eigenvalue weighted by Crippen LogP contribution is 2.26. The lowest BCUT2D eigenvalue weighted by Crippen LogP contribution is -2.08. The zero-order valence-electron chi connectivity index (χ0n) is 21.0. The molecule has 0 fully saturated rings. The Hall–Kier alpha value is -2.75. The molecule has 1 heterocycles. The standard InChI is InChI=1S/C30H39FN2O/c1-4-6-7-8-9-10-11-12-24-13-15-25(16-14-24)28-20-33-29(21-32-28)26-17-18-30(27(31)19-26)34-22-23(3)5-2/h13-21,23H,4-12,22H2,1-3H3. The van der Waals surface area contributed by atoms with E-state index >= 15 is 0 Å². The monoisotopic (exact) mass is 462 g/mol. The van der Waals surface area contributed by atoms with Crippen LogP contribution in [0.25, 0.3) is 22.5 Å². The molecule has 0 aliphatic carbocycles. The minimum Gasteiger partial charge on any atom is -0.490 e. The van der Waals surface area contributed by atoms with Gasteiger partial charge in [0.05, 0.1) is 30.4 Å². The van der Waals surface area contributed by atoms with Crippen LogP contribution in [0.2, 0.25) is 0 Å². The summed E-state index contributed by atoms with van der Waals surface area (Å²) in [4.78, 5) is 9.10. The largest absolute Gasteiger partial charge is 0.490 e. The summed E-state index contributed by atoms with van der Waals surface area (Å²) in [5.74, 6) is 0.306. The van der Waals surface area contributed by atoms with Crippen LogP contribution in [0.4, 0.5) is 4.39 Å². The van der Waals surface area contributed by atoms with Gasteiger partial charge in [-0.15, -0.1) is 0 Å². The minimum atomic E-state index is -0.372. The topological polar surface area (TPSA) is 35.0 Å².